The van der Waals surface area contributed by atoms with Crippen LogP contribution < -0.4 is 10.6 Å². The third-order valence-corrected chi connectivity index (χ3v) is 3.85. The third-order valence-electron chi connectivity index (χ3n) is 3.85. The van der Waals surface area contributed by atoms with Crippen molar-refractivity contribution in [1.82, 2.24) is 9.97 Å². The normalized spacial score (nSPS) is 16.4. The summed E-state index contributed by atoms with van der Waals surface area (Å²) in [4.78, 5) is 20.7. The van der Waals surface area contributed by atoms with Gasteiger partial charge in [0.2, 0.25) is 5.95 Å². The summed E-state index contributed by atoms with van der Waals surface area (Å²) in [5, 5.41) is 6.35. The van der Waals surface area contributed by atoms with Gasteiger partial charge in [0.05, 0.1) is 24.0 Å². The van der Waals surface area contributed by atoms with Gasteiger partial charge in [-0.05, 0) is 38.0 Å². The zero-order chi connectivity index (χ0) is 17.5. The number of anilines is 3. The molecular weight excluding hydrogens is 320 g/mol. The largest absolute Gasteiger partial charge is 0.462 e. The number of nitrogens with one attached hydrogen (secondary N) is 2. The summed E-state index contributed by atoms with van der Waals surface area (Å²) >= 11 is 0. The van der Waals surface area contributed by atoms with Crippen LogP contribution in [0.2, 0.25) is 0 Å². The van der Waals surface area contributed by atoms with Crippen molar-refractivity contribution in [2.45, 2.75) is 25.9 Å². The molecule has 132 valence electrons. The van der Waals surface area contributed by atoms with Crippen LogP contribution >= 0.6 is 0 Å². The first-order valence-electron chi connectivity index (χ1n) is 8.48. The highest BCUT2D eigenvalue weighted by molar-refractivity contribution is 5.96. The maximum Gasteiger partial charge on any atom is 0.340 e. The topological polar surface area (TPSA) is 85.4 Å². The molecule has 1 fully saturated rings. The van der Waals surface area contributed by atoms with Crippen LogP contribution in [0.1, 0.15) is 30.1 Å². The van der Waals surface area contributed by atoms with Crippen molar-refractivity contribution >= 4 is 23.4 Å². The summed E-state index contributed by atoms with van der Waals surface area (Å²) < 4.78 is 10.7. The van der Waals surface area contributed by atoms with Crippen LogP contribution in [-0.2, 0) is 9.47 Å². The van der Waals surface area contributed by atoms with E-state index in [2.05, 4.69) is 20.6 Å². The zero-order valence-electron chi connectivity index (χ0n) is 14.2. The second-order valence-electron chi connectivity index (χ2n) is 5.67. The summed E-state index contributed by atoms with van der Waals surface area (Å²) in [5.41, 5.74) is 1.11. The molecular formula is C18H22N4O3. The standard InChI is InChI=1S/C18H22N4O3/c1-2-24-17(23)14-7-3-4-8-15(14)21-16-9-10-19-18(22-16)20-12-13-6-5-11-25-13/h3-4,7-10,13H,2,5-6,11-12H2,1H3,(H2,19,20,21,22). The lowest BCUT2D eigenvalue weighted by Crippen LogP contribution is -2.19. The van der Waals surface area contributed by atoms with E-state index in [1.54, 1.807) is 31.3 Å². The molecule has 1 unspecified atom stereocenters. The predicted molar refractivity (Wildman–Crippen MR) is 95.2 cm³/mol. The minimum Gasteiger partial charge on any atom is -0.462 e. The van der Waals surface area contributed by atoms with Crippen LogP contribution in [0.5, 0.6) is 0 Å². The van der Waals surface area contributed by atoms with Crippen LogP contribution in [-0.4, -0.2) is 41.8 Å². The summed E-state index contributed by atoms with van der Waals surface area (Å²) in [6.45, 7) is 3.62. The molecule has 2 aromatic rings. The van der Waals surface area contributed by atoms with Gasteiger partial charge in [-0.25, -0.2) is 9.78 Å². The number of carbonyl (C=O) groups is 1. The van der Waals surface area contributed by atoms with E-state index in [0.717, 1.165) is 19.4 Å². The first-order chi connectivity index (χ1) is 12.3. The van der Waals surface area contributed by atoms with Gasteiger partial charge in [-0.15, -0.1) is 0 Å². The minimum absolute atomic E-state index is 0.213. The van der Waals surface area contributed by atoms with E-state index in [9.17, 15) is 4.79 Å². The highest BCUT2D eigenvalue weighted by Gasteiger charge is 2.16. The van der Waals surface area contributed by atoms with Crippen molar-refractivity contribution in [3.05, 3.63) is 42.1 Å². The van der Waals surface area contributed by atoms with Gasteiger partial charge in [0.25, 0.3) is 0 Å². The number of para-hydroxylation sites is 1. The number of ether oxygens (including phenoxy) is 2. The lowest BCUT2D eigenvalue weighted by Gasteiger charge is -2.13. The Morgan fingerprint density at radius 3 is 3.04 bits per heavy atom. The molecule has 1 aliphatic heterocycles. The fourth-order valence-electron chi connectivity index (χ4n) is 2.64. The maximum absolute atomic E-state index is 12.1. The molecule has 7 heteroatoms. The Labute approximate surface area is 146 Å². The summed E-state index contributed by atoms with van der Waals surface area (Å²) in [6, 6.07) is 8.93. The van der Waals surface area contributed by atoms with Crippen molar-refractivity contribution in [3.8, 4) is 0 Å². The molecule has 1 aromatic carbocycles. The molecule has 25 heavy (non-hydrogen) atoms. The van der Waals surface area contributed by atoms with Crippen molar-refractivity contribution in [2.75, 3.05) is 30.4 Å². The van der Waals surface area contributed by atoms with Crippen molar-refractivity contribution < 1.29 is 14.3 Å². The fourth-order valence-corrected chi connectivity index (χ4v) is 2.64. The second kappa shape index (κ2) is 8.43. The fraction of sp³-hybridized carbons (Fsp3) is 0.389. The highest BCUT2D eigenvalue weighted by atomic mass is 16.5. The Hall–Kier alpha value is -2.67. The lowest BCUT2D eigenvalue weighted by molar-refractivity contribution is 0.0527. The Morgan fingerprint density at radius 2 is 2.24 bits per heavy atom. The minimum atomic E-state index is -0.364. The molecule has 1 aliphatic rings. The van der Waals surface area contributed by atoms with Gasteiger partial charge in [-0.3, -0.25) is 0 Å². The molecule has 0 amide bonds. The Morgan fingerprint density at radius 1 is 1.36 bits per heavy atom. The van der Waals surface area contributed by atoms with Crippen molar-refractivity contribution in [2.24, 2.45) is 0 Å². The van der Waals surface area contributed by atoms with E-state index in [1.807, 2.05) is 12.1 Å². The van der Waals surface area contributed by atoms with Gasteiger partial charge in [0, 0.05) is 19.3 Å². The van der Waals surface area contributed by atoms with E-state index >= 15 is 0 Å². The van der Waals surface area contributed by atoms with Gasteiger partial charge in [-0.1, -0.05) is 12.1 Å². The van der Waals surface area contributed by atoms with Crippen LogP contribution in [0.4, 0.5) is 17.5 Å². The highest BCUT2D eigenvalue weighted by Crippen LogP contribution is 2.21. The molecule has 0 saturated carbocycles. The van der Waals surface area contributed by atoms with Gasteiger partial charge in [-0.2, -0.15) is 4.98 Å². The van der Waals surface area contributed by atoms with Crippen LogP contribution in [0, 0.1) is 0 Å². The van der Waals surface area contributed by atoms with Crippen molar-refractivity contribution in [1.29, 1.82) is 0 Å². The summed E-state index contributed by atoms with van der Waals surface area (Å²) in [5.74, 6) is 0.757. The molecule has 0 aliphatic carbocycles. The van der Waals surface area contributed by atoms with E-state index in [1.165, 1.54) is 0 Å². The summed E-state index contributed by atoms with van der Waals surface area (Å²) in [7, 11) is 0. The maximum atomic E-state index is 12.1. The zero-order valence-corrected chi connectivity index (χ0v) is 14.2. The average molecular weight is 342 g/mol. The monoisotopic (exact) mass is 342 g/mol. The van der Waals surface area contributed by atoms with E-state index < -0.39 is 0 Å². The number of carbonyl (C=O) groups excluding carboxylic acids is 1. The quantitative estimate of drug-likeness (QED) is 0.748. The molecule has 0 spiro atoms. The predicted octanol–water partition coefficient (Wildman–Crippen LogP) is 2.99. The van der Waals surface area contributed by atoms with Crippen LogP contribution in [0.3, 0.4) is 0 Å². The van der Waals surface area contributed by atoms with E-state index in [0.29, 0.717) is 36.2 Å². The first kappa shape index (κ1) is 17.2. The number of hydrogen-bond acceptors (Lipinski definition) is 7. The number of benzene rings is 1. The molecule has 1 aromatic heterocycles. The number of hydrogen-bond donors (Lipinski definition) is 2. The van der Waals surface area contributed by atoms with Gasteiger partial charge < -0.3 is 20.1 Å². The molecule has 7 nitrogen and oxygen atoms in total. The Kier molecular flexibility index (Phi) is 5.79. The Bertz CT molecular complexity index is 717. The molecule has 2 N–H and O–H groups in total. The number of rotatable bonds is 7. The SMILES string of the molecule is CCOC(=O)c1ccccc1Nc1ccnc(NCC2CCCO2)n1. The smallest absolute Gasteiger partial charge is 0.340 e. The van der Waals surface area contributed by atoms with Crippen LogP contribution in [0.25, 0.3) is 0 Å². The third kappa shape index (κ3) is 4.67. The average Bonchev–Trinajstić information content (AvgIpc) is 3.15. The number of nitrogens with zero attached hydrogens (tertiary/aromatic N) is 2. The molecule has 0 radical (unpaired) electrons. The van der Waals surface area contributed by atoms with Gasteiger partial charge in [0.15, 0.2) is 0 Å². The van der Waals surface area contributed by atoms with Gasteiger partial charge in [0.1, 0.15) is 5.82 Å². The number of aromatic nitrogens is 2. The summed E-state index contributed by atoms with van der Waals surface area (Å²) in [6.07, 6.45) is 4.03. The molecule has 0 bridgehead atoms. The van der Waals surface area contributed by atoms with E-state index in [-0.39, 0.29) is 12.1 Å². The molecule has 1 saturated heterocycles. The first-order valence-corrected chi connectivity index (χ1v) is 8.48. The molecule has 2 heterocycles. The van der Waals surface area contributed by atoms with E-state index in [4.69, 9.17) is 9.47 Å². The van der Waals surface area contributed by atoms with Gasteiger partial charge >= 0.3 is 5.97 Å². The Balaban J connectivity index is 1.68. The van der Waals surface area contributed by atoms with Crippen molar-refractivity contribution in [3.63, 3.8) is 0 Å². The number of esters is 1. The molecule has 1 atom stereocenters. The second-order valence-corrected chi connectivity index (χ2v) is 5.67. The molecule has 3 rings (SSSR count). The van der Waals surface area contributed by atoms with Crippen LogP contribution in [0.15, 0.2) is 36.5 Å². The lowest BCUT2D eigenvalue weighted by atomic mass is 10.2.